The third-order valence-electron chi connectivity index (χ3n) is 9.86. The van der Waals surface area contributed by atoms with Crippen LogP contribution in [0, 0.1) is 0 Å². The van der Waals surface area contributed by atoms with E-state index in [2.05, 4.69) is 121 Å². The molecule has 0 radical (unpaired) electrons. The van der Waals surface area contributed by atoms with E-state index in [4.69, 9.17) is 8.83 Å². The third kappa shape index (κ3) is 3.49. The van der Waals surface area contributed by atoms with Gasteiger partial charge in [-0.05, 0) is 86.3 Å². The second-order valence-corrected chi connectivity index (χ2v) is 13.5. The lowest BCUT2D eigenvalue weighted by Gasteiger charge is -2.17. The van der Waals surface area contributed by atoms with Crippen molar-refractivity contribution in [2.75, 3.05) is 0 Å². The molecule has 0 bridgehead atoms. The molecule has 11 rings (SSSR count). The van der Waals surface area contributed by atoms with Crippen LogP contribution in [0.15, 0.2) is 154 Å². The molecule has 0 spiro atoms. The fourth-order valence-corrected chi connectivity index (χ4v) is 9.01. The van der Waals surface area contributed by atoms with Gasteiger partial charge >= 0.3 is 0 Å². The largest absolute Gasteiger partial charge is 0.456 e. The first kappa shape index (κ1) is 25.3. The van der Waals surface area contributed by atoms with Gasteiger partial charge in [-0.3, -0.25) is 0 Å². The Bertz CT molecular complexity index is 3020. The van der Waals surface area contributed by atoms with Crippen molar-refractivity contribution in [3.63, 3.8) is 0 Å². The summed E-state index contributed by atoms with van der Waals surface area (Å²) in [7, 11) is 0. The summed E-state index contributed by atoms with van der Waals surface area (Å²) in [5, 5.41) is 12.0. The van der Waals surface area contributed by atoms with E-state index in [1.54, 1.807) is 0 Å². The maximum absolute atomic E-state index is 6.58. The second kappa shape index (κ2) is 9.32. The predicted molar refractivity (Wildman–Crippen MR) is 200 cm³/mol. The lowest BCUT2D eigenvalue weighted by Crippen LogP contribution is -1.90. The summed E-state index contributed by atoms with van der Waals surface area (Å²) in [6.45, 7) is 0. The predicted octanol–water partition coefficient (Wildman–Crippen LogP) is 13.5. The van der Waals surface area contributed by atoms with Crippen LogP contribution in [0.2, 0.25) is 0 Å². The van der Waals surface area contributed by atoms with Crippen molar-refractivity contribution in [1.82, 2.24) is 0 Å². The third-order valence-corrected chi connectivity index (χ3v) is 11.0. The van der Waals surface area contributed by atoms with Gasteiger partial charge in [0.1, 0.15) is 22.3 Å². The molecule has 0 unspecified atom stereocenters. The number of rotatable bonds is 2. The number of furan rings is 2. The molecule has 0 aliphatic carbocycles. The first-order valence-electron chi connectivity index (χ1n) is 15.9. The minimum atomic E-state index is 0.873. The highest BCUT2D eigenvalue weighted by Crippen LogP contribution is 2.47. The summed E-state index contributed by atoms with van der Waals surface area (Å²) in [6, 6.07) is 52.4. The summed E-state index contributed by atoms with van der Waals surface area (Å²) in [4.78, 5) is 0. The minimum absolute atomic E-state index is 0.873. The van der Waals surface area contributed by atoms with Crippen molar-refractivity contribution in [1.29, 1.82) is 0 Å². The number of thiophene rings is 1. The molecule has 2 nitrogen and oxygen atoms in total. The van der Waals surface area contributed by atoms with Gasteiger partial charge in [0.15, 0.2) is 0 Å². The first-order valence-corrected chi connectivity index (χ1v) is 16.7. The lowest BCUT2D eigenvalue weighted by molar-refractivity contribution is 0.663. The molecule has 0 saturated heterocycles. The zero-order valence-electron chi connectivity index (χ0n) is 25.1. The molecule has 47 heavy (non-hydrogen) atoms. The van der Waals surface area contributed by atoms with Crippen LogP contribution in [0.5, 0.6) is 0 Å². The van der Waals surface area contributed by atoms with Crippen molar-refractivity contribution in [2.45, 2.75) is 0 Å². The number of benzene rings is 8. The molecule has 0 atom stereocenters. The van der Waals surface area contributed by atoms with Gasteiger partial charge in [0, 0.05) is 41.7 Å². The molecule has 0 N–H and O–H groups in total. The number of hydrogen-bond donors (Lipinski definition) is 0. The first-order chi connectivity index (χ1) is 23.3. The van der Waals surface area contributed by atoms with E-state index in [1.165, 1.54) is 58.4 Å². The Labute approximate surface area is 272 Å². The van der Waals surface area contributed by atoms with Gasteiger partial charge in [-0.2, -0.15) is 0 Å². The van der Waals surface area contributed by atoms with Crippen LogP contribution < -0.4 is 0 Å². The van der Waals surface area contributed by atoms with E-state index in [0.717, 1.165) is 49.4 Å². The van der Waals surface area contributed by atoms with Gasteiger partial charge in [-0.25, -0.2) is 0 Å². The van der Waals surface area contributed by atoms with Gasteiger partial charge < -0.3 is 8.83 Å². The van der Waals surface area contributed by atoms with Crippen molar-refractivity contribution in [3.8, 4) is 22.3 Å². The summed E-state index contributed by atoms with van der Waals surface area (Å²) >= 11 is 1.87. The van der Waals surface area contributed by atoms with Crippen molar-refractivity contribution in [2.24, 2.45) is 0 Å². The number of para-hydroxylation sites is 1. The van der Waals surface area contributed by atoms with Crippen molar-refractivity contribution in [3.05, 3.63) is 146 Å². The molecule has 0 aliphatic rings. The Morgan fingerprint density at radius 1 is 0.319 bits per heavy atom. The van der Waals surface area contributed by atoms with E-state index < -0.39 is 0 Å². The summed E-state index contributed by atoms with van der Waals surface area (Å²) in [6.07, 6.45) is 0. The average molecular weight is 617 g/mol. The van der Waals surface area contributed by atoms with Gasteiger partial charge in [-0.1, -0.05) is 103 Å². The topological polar surface area (TPSA) is 26.3 Å². The Hall–Kier alpha value is -5.90. The monoisotopic (exact) mass is 616 g/mol. The number of fused-ring (bicyclic) bond motifs is 12. The standard InChI is InChI=1S/C44H24O2S/c1-3-12-31-29(10-1)41(25-18-20-34-38(23-25)46-37-22-21-36-43(44(34)37)33-14-5-7-15-35(33)45-36)30-11-2-4-13-32(30)42(31)26-17-19-28-27-9-6-8-16-39(27)47-40(28)24-26/h1-24H. The molecule has 3 heteroatoms. The molecule has 0 saturated carbocycles. The zero-order chi connectivity index (χ0) is 30.6. The van der Waals surface area contributed by atoms with Crippen LogP contribution in [-0.2, 0) is 0 Å². The highest BCUT2D eigenvalue weighted by molar-refractivity contribution is 7.25. The quantitative estimate of drug-likeness (QED) is 0.181. The van der Waals surface area contributed by atoms with Crippen LogP contribution in [0.25, 0.3) is 108 Å². The van der Waals surface area contributed by atoms with Gasteiger partial charge in [0.25, 0.3) is 0 Å². The lowest BCUT2D eigenvalue weighted by atomic mass is 9.85. The van der Waals surface area contributed by atoms with E-state index in [1.807, 2.05) is 35.6 Å². The number of hydrogen-bond acceptors (Lipinski definition) is 3. The molecule has 8 aromatic carbocycles. The highest BCUT2D eigenvalue weighted by Gasteiger charge is 2.20. The maximum Gasteiger partial charge on any atom is 0.136 e. The Morgan fingerprint density at radius 2 is 0.787 bits per heavy atom. The molecular weight excluding hydrogens is 593 g/mol. The van der Waals surface area contributed by atoms with Crippen LogP contribution in [0.1, 0.15) is 0 Å². The molecule has 11 aromatic rings. The molecule has 3 aromatic heterocycles. The van der Waals surface area contributed by atoms with Crippen molar-refractivity contribution >= 4 is 96.9 Å². The normalized spacial score (nSPS) is 12.3. The second-order valence-electron chi connectivity index (χ2n) is 12.4. The van der Waals surface area contributed by atoms with Gasteiger partial charge in [0.05, 0.1) is 0 Å². The van der Waals surface area contributed by atoms with Gasteiger partial charge in [0.2, 0.25) is 0 Å². The molecular formula is C44H24O2S. The fraction of sp³-hybridized carbons (Fsp3) is 0. The molecule has 218 valence electrons. The average Bonchev–Trinajstić information content (AvgIpc) is 3.80. The van der Waals surface area contributed by atoms with Crippen molar-refractivity contribution < 1.29 is 8.83 Å². The maximum atomic E-state index is 6.58. The summed E-state index contributed by atoms with van der Waals surface area (Å²) in [5.41, 5.74) is 8.41. The van der Waals surface area contributed by atoms with E-state index in [9.17, 15) is 0 Å². The Morgan fingerprint density at radius 3 is 1.45 bits per heavy atom. The zero-order valence-corrected chi connectivity index (χ0v) is 25.9. The molecule has 0 amide bonds. The van der Waals surface area contributed by atoms with Gasteiger partial charge in [-0.15, -0.1) is 11.3 Å². The smallest absolute Gasteiger partial charge is 0.136 e. The highest BCUT2D eigenvalue weighted by atomic mass is 32.1. The van der Waals surface area contributed by atoms with Crippen LogP contribution >= 0.6 is 11.3 Å². The molecule has 0 aliphatic heterocycles. The Kier molecular flexibility index (Phi) is 5.02. The van der Waals surface area contributed by atoms with E-state index in [-0.39, 0.29) is 0 Å². The summed E-state index contributed by atoms with van der Waals surface area (Å²) in [5.74, 6) is 0. The minimum Gasteiger partial charge on any atom is -0.456 e. The Balaban J connectivity index is 1.18. The van der Waals surface area contributed by atoms with Crippen LogP contribution in [0.4, 0.5) is 0 Å². The fourth-order valence-electron chi connectivity index (χ4n) is 7.87. The SMILES string of the molecule is c1ccc2c(c1)oc1ccc3oc4cc(-c5c6ccccc6c(-c6ccc7c(c6)sc6ccccc67)c6ccccc56)ccc4c3c12. The van der Waals surface area contributed by atoms with E-state index >= 15 is 0 Å². The molecule has 0 fully saturated rings. The van der Waals surface area contributed by atoms with E-state index in [0.29, 0.717) is 0 Å². The molecule has 3 heterocycles. The van der Waals surface area contributed by atoms with Crippen LogP contribution in [-0.4, -0.2) is 0 Å². The summed E-state index contributed by atoms with van der Waals surface area (Å²) < 4.78 is 15.4. The van der Waals surface area contributed by atoms with Crippen LogP contribution in [0.3, 0.4) is 0 Å².